The van der Waals surface area contributed by atoms with Crippen molar-refractivity contribution in [2.45, 2.75) is 174 Å². The fourth-order valence-corrected chi connectivity index (χ4v) is 4.56. The minimum Gasteiger partial charge on any atom is -0.328 e. The summed E-state index contributed by atoms with van der Waals surface area (Å²) in [6.45, 7) is 6.93. The third-order valence-electron chi connectivity index (χ3n) is 6.88. The van der Waals surface area contributed by atoms with Gasteiger partial charge in [0.05, 0.1) is 0 Å². The summed E-state index contributed by atoms with van der Waals surface area (Å²) in [5.74, 6) is 0.869. The van der Waals surface area contributed by atoms with Gasteiger partial charge in [0.1, 0.15) is 0 Å². The predicted octanol–water partition coefficient (Wildman–Crippen LogP) is 11.1. The molecule has 0 aromatic heterocycles. The molecule has 0 saturated carbocycles. The Morgan fingerprint density at radius 3 is 1.33 bits per heavy atom. The van der Waals surface area contributed by atoms with E-state index in [0.717, 1.165) is 12.3 Å². The maximum atomic E-state index is 6.32. The molecule has 1 nitrogen and oxygen atoms in total. The van der Waals surface area contributed by atoms with Crippen LogP contribution >= 0.6 is 0 Å². The average molecular weight is 462 g/mol. The Kier molecular flexibility index (Phi) is 27.2. The smallest absolute Gasteiger partial charge is 0.00388 e. The van der Waals surface area contributed by atoms with Crippen LogP contribution in [0.4, 0.5) is 0 Å². The zero-order valence-electron chi connectivity index (χ0n) is 23.3. The lowest BCUT2D eigenvalue weighted by atomic mass is 9.99. The van der Waals surface area contributed by atoms with Crippen LogP contribution in [-0.4, -0.2) is 6.04 Å². The van der Waals surface area contributed by atoms with Crippen LogP contribution in [0.5, 0.6) is 0 Å². The normalized spacial score (nSPS) is 13.1. The molecule has 0 aromatic rings. The zero-order valence-corrected chi connectivity index (χ0v) is 23.3. The van der Waals surface area contributed by atoms with Crippen LogP contribution in [-0.2, 0) is 0 Å². The molecule has 2 N–H and O–H groups in total. The number of rotatable bonds is 26. The first-order chi connectivity index (χ1) is 16.2. The van der Waals surface area contributed by atoms with Gasteiger partial charge < -0.3 is 5.73 Å². The average Bonchev–Trinajstić information content (AvgIpc) is 2.79. The van der Waals surface area contributed by atoms with E-state index < -0.39 is 0 Å². The van der Waals surface area contributed by atoms with Crippen molar-refractivity contribution in [1.29, 1.82) is 0 Å². The molecule has 0 spiro atoms. The maximum absolute atomic E-state index is 6.32. The fourth-order valence-electron chi connectivity index (χ4n) is 4.56. The Labute approximate surface area is 210 Å². The monoisotopic (exact) mass is 461 g/mol. The van der Waals surface area contributed by atoms with E-state index in [1.165, 1.54) is 141 Å². The summed E-state index contributed by atoms with van der Waals surface area (Å²) in [7, 11) is 0. The second kappa shape index (κ2) is 27.7. The maximum Gasteiger partial charge on any atom is 0.00388 e. The van der Waals surface area contributed by atoms with Gasteiger partial charge >= 0.3 is 0 Å². The number of hydrogen-bond donors (Lipinski definition) is 1. The van der Waals surface area contributed by atoms with Crippen molar-refractivity contribution < 1.29 is 0 Å². The van der Waals surface area contributed by atoms with Crippen molar-refractivity contribution in [2.24, 2.45) is 11.7 Å². The minimum atomic E-state index is 0.455. The van der Waals surface area contributed by atoms with Crippen molar-refractivity contribution in [3.05, 3.63) is 24.3 Å². The molecular formula is C32H63N. The molecule has 0 radical (unpaired) electrons. The SMILES string of the molecule is CCCCCC=CCC=CCCCCCCCCCCCC(N)CCCCCCCC(C)C. The second-order valence-corrected chi connectivity index (χ2v) is 10.9. The highest BCUT2D eigenvalue weighted by atomic mass is 14.6. The van der Waals surface area contributed by atoms with Crippen LogP contribution in [0.25, 0.3) is 0 Å². The summed E-state index contributed by atoms with van der Waals surface area (Å²) in [5.41, 5.74) is 6.32. The topological polar surface area (TPSA) is 26.0 Å². The molecule has 0 fully saturated rings. The van der Waals surface area contributed by atoms with Gasteiger partial charge in [0.2, 0.25) is 0 Å². The van der Waals surface area contributed by atoms with Gasteiger partial charge in [-0.3, -0.25) is 0 Å². The quantitative estimate of drug-likeness (QED) is 0.101. The molecule has 1 heteroatoms. The summed E-state index contributed by atoms with van der Waals surface area (Å²) >= 11 is 0. The van der Waals surface area contributed by atoms with Crippen LogP contribution in [0, 0.1) is 5.92 Å². The Hall–Kier alpha value is -0.560. The molecule has 0 aliphatic carbocycles. The van der Waals surface area contributed by atoms with Crippen molar-refractivity contribution in [3.8, 4) is 0 Å². The zero-order chi connectivity index (χ0) is 24.2. The Balaban J connectivity index is 3.22. The molecule has 0 aliphatic heterocycles. The summed E-state index contributed by atoms with van der Waals surface area (Å²) < 4.78 is 0. The van der Waals surface area contributed by atoms with E-state index in [0.29, 0.717) is 6.04 Å². The van der Waals surface area contributed by atoms with E-state index in [9.17, 15) is 0 Å². The first-order valence-electron chi connectivity index (χ1n) is 15.2. The van der Waals surface area contributed by atoms with Crippen molar-refractivity contribution in [1.82, 2.24) is 0 Å². The van der Waals surface area contributed by atoms with E-state index in [2.05, 4.69) is 45.1 Å². The minimum absolute atomic E-state index is 0.455. The van der Waals surface area contributed by atoms with Gasteiger partial charge in [-0.2, -0.15) is 0 Å². The van der Waals surface area contributed by atoms with E-state index in [4.69, 9.17) is 5.73 Å². The molecule has 33 heavy (non-hydrogen) atoms. The highest BCUT2D eigenvalue weighted by Gasteiger charge is 2.02. The highest BCUT2D eigenvalue weighted by molar-refractivity contribution is 4.92. The fraction of sp³-hybridized carbons (Fsp3) is 0.875. The van der Waals surface area contributed by atoms with Crippen LogP contribution in [0.2, 0.25) is 0 Å². The van der Waals surface area contributed by atoms with Crippen molar-refractivity contribution in [2.75, 3.05) is 0 Å². The van der Waals surface area contributed by atoms with Crippen LogP contribution in [0.15, 0.2) is 24.3 Å². The lowest BCUT2D eigenvalue weighted by Crippen LogP contribution is -2.19. The van der Waals surface area contributed by atoms with E-state index >= 15 is 0 Å². The van der Waals surface area contributed by atoms with Gasteiger partial charge in [0, 0.05) is 6.04 Å². The van der Waals surface area contributed by atoms with Gasteiger partial charge in [0.25, 0.3) is 0 Å². The molecule has 0 rings (SSSR count). The van der Waals surface area contributed by atoms with Gasteiger partial charge in [-0.05, 0) is 50.9 Å². The number of unbranched alkanes of at least 4 members (excludes halogenated alkanes) is 16. The molecule has 0 amide bonds. The summed E-state index contributed by atoms with van der Waals surface area (Å²) in [6, 6.07) is 0.455. The molecule has 196 valence electrons. The van der Waals surface area contributed by atoms with Gasteiger partial charge in [-0.25, -0.2) is 0 Å². The first-order valence-corrected chi connectivity index (χ1v) is 15.2. The van der Waals surface area contributed by atoms with Crippen LogP contribution in [0.1, 0.15) is 168 Å². The lowest BCUT2D eigenvalue weighted by molar-refractivity contribution is 0.473. The summed E-state index contributed by atoms with van der Waals surface area (Å²) in [4.78, 5) is 0. The summed E-state index contributed by atoms with van der Waals surface area (Å²) in [5, 5.41) is 0. The van der Waals surface area contributed by atoms with Gasteiger partial charge in [0.15, 0.2) is 0 Å². The molecule has 0 aromatic carbocycles. The molecule has 0 heterocycles. The Bertz CT molecular complexity index is 409. The van der Waals surface area contributed by atoms with Crippen molar-refractivity contribution in [3.63, 3.8) is 0 Å². The van der Waals surface area contributed by atoms with E-state index in [1.807, 2.05) is 0 Å². The summed E-state index contributed by atoms with van der Waals surface area (Å²) in [6.07, 6.45) is 40.6. The van der Waals surface area contributed by atoms with Gasteiger partial charge in [-0.15, -0.1) is 0 Å². The van der Waals surface area contributed by atoms with Crippen LogP contribution < -0.4 is 5.73 Å². The number of hydrogen-bond acceptors (Lipinski definition) is 1. The molecule has 0 aliphatic rings. The van der Waals surface area contributed by atoms with Crippen molar-refractivity contribution >= 4 is 0 Å². The molecular weight excluding hydrogens is 398 g/mol. The third kappa shape index (κ3) is 29.4. The highest BCUT2D eigenvalue weighted by Crippen LogP contribution is 2.15. The Morgan fingerprint density at radius 1 is 0.485 bits per heavy atom. The first kappa shape index (κ1) is 32.4. The Morgan fingerprint density at radius 2 is 0.879 bits per heavy atom. The van der Waals surface area contributed by atoms with E-state index in [-0.39, 0.29) is 0 Å². The predicted molar refractivity (Wildman–Crippen MR) is 153 cm³/mol. The van der Waals surface area contributed by atoms with Gasteiger partial charge in [-0.1, -0.05) is 148 Å². The number of nitrogens with two attached hydrogens (primary N) is 1. The van der Waals surface area contributed by atoms with E-state index in [1.54, 1.807) is 0 Å². The third-order valence-corrected chi connectivity index (χ3v) is 6.88. The molecule has 1 atom stereocenters. The second-order valence-electron chi connectivity index (χ2n) is 10.9. The molecule has 0 bridgehead atoms. The largest absolute Gasteiger partial charge is 0.328 e. The standard InChI is InChI=1S/C32H63N/c1-4-5-6-7-8-9-10-11-12-13-14-15-16-17-18-19-20-23-26-29-32(33)30-27-24-21-22-25-28-31(2)3/h8-9,11-12,31-32H,4-7,10,13-30,33H2,1-3H3. The molecule has 1 unspecified atom stereocenters. The number of allylic oxidation sites excluding steroid dienone is 4. The lowest BCUT2D eigenvalue weighted by Gasteiger charge is -2.11. The van der Waals surface area contributed by atoms with Crippen LogP contribution in [0.3, 0.4) is 0 Å². The molecule has 0 saturated heterocycles.